The Morgan fingerprint density at radius 2 is 2.13 bits per heavy atom. The quantitative estimate of drug-likeness (QED) is 0.833. The summed E-state index contributed by atoms with van der Waals surface area (Å²) < 4.78 is 12.6. The molecule has 1 atom stereocenters. The molecule has 1 rings (SSSR count). The third kappa shape index (κ3) is 3.15. The highest BCUT2D eigenvalue weighted by Gasteiger charge is 2.15. The van der Waals surface area contributed by atoms with Crippen molar-refractivity contribution in [2.75, 3.05) is 19.9 Å². The van der Waals surface area contributed by atoms with E-state index in [2.05, 4.69) is 15.9 Å². The van der Waals surface area contributed by atoms with Crippen LogP contribution in [0.3, 0.4) is 0 Å². The number of halogens is 1. The van der Waals surface area contributed by atoms with Gasteiger partial charge in [0.2, 0.25) is 0 Å². The van der Waals surface area contributed by atoms with Crippen molar-refractivity contribution < 1.29 is 9.67 Å². The molecular weight excluding hydrogens is 277 g/mol. The van der Waals surface area contributed by atoms with Gasteiger partial charge in [-0.1, -0.05) is 28.1 Å². The van der Waals surface area contributed by atoms with Crippen LogP contribution in [0.2, 0.25) is 0 Å². The van der Waals surface area contributed by atoms with Gasteiger partial charge in [0, 0.05) is 9.78 Å². The minimum absolute atomic E-state index is 0.103. The molecule has 0 saturated carbocycles. The van der Waals surface area contributed by atoms with Gasteiger partial charge in [0.15, 0.2) is 0 Å². The Morgan fingerprint density at radius 1 is 1.53 bits per heavy atom. The van der Waals surface area contributed by atoms with E-state index >= 15 is 0 Å². The molecule has 0 spiro atoms. The van der Waals surface area contributed by atoms with Crippen LogP contribution in [0, 0.1) is 0 Å². The number of rotatable bonds is 3. The maximum atomic E-state index is 11.8. The molecule has 0 aliphatic heterocycles. The van der Waals surface area contributed by atoms with Crippen molar-refractivity contribution in [3.05, 3.63) is 28.2 Å². The molecule has 1 aromatic carbocycles. The fraction of sp³-hybridized carbons (Fsp3) is 0.400. The van der Waals surface area contributed by atoms with Crippen molar-refractivity contribution in [3.8, 4) is 0 Å². The summed E-state index contributed by atoms with van der Waals surface area (Å²) >= 11 is 3.37. The maximum Gasteiger partial charge on any atom is 0.109 e. The van der Waals surface area contributed by atoms with Gasteiger partial charge < -0.3 is 15.4 Å². The first-order valence-electron chi connectivity index (χ1n) is 4.57. The largest absolute Gasteiger partial charge is 0.394 e. The smallest absolute Gasteiger partial charge is 0.109 e. The van der Waals surface area contributed by atoms with Gasteiger partial charge in [-0.2, -0.15) is 0 Å². The van der Waals surface area contributed by atoms with E-state index in [-0.39, 0.29) is 6.61 Å². The second-order valence-electron chi connectivity index (χ2n) is 3.85. The second-order valence-corrected chi connectivity index (χ2v) is 7.92. The Balaban J connectivity index is 3.15. The lowest BCUT2D eigenvalue weighted by Gasteiger charge is -2.14. The number of benzene rings is 1. The minimum Gasteiger partial charge on any atom is -0.394 e. The van der Waals surface area contributed by atoms with Crippen LogP contribution in [0.4, 0.5) is 0 Å². The molecular formula is C10H15BrNO2P. The third-order valence-electron chi connectivity index (χ3n) is 2.20. The number of aliphatic hydroxyl groups is 1. The summed E-state index contributed by atoms with van der Waals surface area (Å²) in [6, 6.07) is 5.02. The monoisotopic (exact) mass is 291 g/mol. The summed E-state index contributed by atoms with van der Waals surface area (Å²) in [5.41, 5.74) is 6.53. The molecule has 0 radical (unpaired) electrons. The fourth-order valence-electron chi connectivity index (χ4n) is 1.25. The topological polar surface area (TPSA) is 63.3 Å². The SMILES string of the molecule is CP(C)(=O)c1ccc([C@H](N)CO)c(Br)c1. The summed E-state index contributed by atoms with van der Waals surface area (Å²) in [7, 11) is -2.24. The van der Waals surface area contributed by atoms with Crippen LogP contribution in [0.15, 0.2) is 22.7 Å². The van der Waals surface area contributed by atoms with Gasteiger partial charge in [-0.15, -0.1) is 0 Å². The molecule has 3 N–H and O–H groups in total. The van der Waals surface area contributed by atoms with Gasteiger partial charge in [-0.05, 0) is 25.0 Å². The summed E-state index contributed by atoms with van der Waals surface area (Å²) in [6.07, 6.45) is 0. The first-order valence-corrected chi connectivity index (χ1v) is 7.97. The number of hydrogen-bond acceptors (Lipinski definition) is 3. The number of aliphatic hydroxyl groups excluding tert-OH is 1. The fourth-order valence-corrected chi connectivity index (χ4v) is 2.97. The summed E-state index contributed by atoms with van der Waals surface area (Å²) in [5.74, 6) is 0. The van der Waals surface area contributed by atoms with Crippen molar-refractivity contribution in [3.63, 3.8) is 0 Å². The van der Waals surface area contributed by atoms with Crippen molar-refractivity contribution in [2.45, 2.75) is 6.04 Å². The van der Waals surface area contributed by atoms with Gasteiger partial charge in [-0.25, -0.2) is 0 Å². The van der Waals surface area contributed by atoms with E-state index in [1.54, 1.807) is 25.5 Å². The molecule has 0 bridgehead atoms. The Labute approximate surface area is 98.2 Å². The molecule has 15 heavy (non-hydrogen) atoms. The zero-order valence-corrected chi connectivity index (χ0v) is 11.3. The van der Waals surface area contributed by atoms with Gasteiger partial charge in [-0.3, -0.25) is 0 Å². The van der Waals surface area contributed by atoms with Gasteiger partial charge in [0.05, 0.1) is 12.6 Å². The number of nitrogens with two attached hydrogens (primary N) is 1. The zero-order chi connectivity index (χ0) is 11.6. The molecule has 0 saturated heterocycles. The normalized spacial score (nSPS) is 13.9. The third-order valence-corrected chi connectivity index (χ3v) is 4.41. The average molecular weight is 292 g/mol. The lowest BCUT2D eigenvalue weighted by Crippen LogP contribution is -2.16. The van der Waals surface area contributed by atoms with Crippen LogP contribution in [0.1, 0.15) is 11.6 Å². The van der Waals surface area contributed by atoms with Crippen molar-refractivity contribution in [2.24, 2.45) is 5.73 Å². The van der Waals surface area contributed by atoms with Gasteiger partial charge >= 0.3 is 0 Å². The van der Waals surface area contributed by atoms with E-state index in [1.807, 2.05) is 6.07 Å². The zero-order valence-electron chi connectivity index (χ0n) is 8.77. The van der Waals surface area contributed by atoms with Crippen LogP contribution in [-0.4, -0.2) is 25.0 Å². The maximum absolute atomic E-state index is 11.8. The van der Waals surface area contributed by atoms with Gasteiger partial charge in [0.1, 0.15) is 7.14 Å². The molecule has 0 aromatic heterocycles. The average Bonchev–Trinajstić information content (AvgIpc) is 2.15. The molecule has 0 aliphatic rings. The van der Waals surface area contributed by atoms with E-state index in [0.29, 0.717) is 0 Å². The molecule has 3 nitrogen and oxygen atoms in total. The van der Waals surface area contributed by atoms with E-state index in [4.69, 9.17) is 10.8 Å². The van der Waals surface area contributed by atoms with Crippen LogP contribution in [0.25, 0.3) is 0 Å². The van der Waals surface area contributed by atoms with Crippen LogP contribution in [-0.2, 0) is 4.57 Å². The van der Waals surface area contributed by atoms with E-state index in [1.165, 1.54) is 0 Å². The molecule has 0 heterocycles. The first kappa shape index (κ1) is 12.9. The molecule has 0 aliphatic carbocycles. The van der Waals surface area contributed by atoms with Crippen molar-refractivity contribution in [1.29, 1.82) is 0 Å². The Bertz CT molecular complexity index is 402. The van der Waals surface area contributed by atoms with Crippen LogP contribution in [0.5, 0.6) is 0 Å². The minimum atomic E-state index is -2.24. The Morgan fingerprint density at radius 3 is 2.53 bits per heavy atom. The highest BCUT2D eigenvalue weighted by atomic mass is 79.9. The second kappa shape index (κ2) is 4.79. The van der Waals surface area contributed by atoms with E-state index in [0.717, 1.165) is 15.3 Å². The predicted molar refractivity (Wildman–Crippen MR) is 67.2 cm³/mol. The standard InChI is InChI=1S/C10H15BrNO2P/c1-15(2,14)7-3-4-8(9(11)5-7)10(12)6-13/h3-5,10,13H,6,12H2,1-2H3/t10-/m1/s1. The Kier molecular flexibility index (Phi) is 4.13. The lowest BCUT2D eigenvalue weighted by molar-refractivity contribution is 0.267. The van der Waals surface area contributed by atoms with Crippen molar-refractivity contribution in [1.82, 2.24) is 0 Å². The lowest BCUT2D eigenvalue weighted by atomic mass is 10.1. The van der Waals surface area contributed by atoms with Crippen LogP contribution < -0.4 is 11.0 Å². The molecule has 5 heteroatoms. The molecule has 0 unspecified atom stereocenters. The molecule has 1 aromatic rings. The Hall–Kier alpha value is -0.150. The first-order chi connectivity index (χ1) is 6.86. The molecule has 84 valence electrons. The summed E-state index contributed by atoms with van der Waals surface area (Å²) in [4.78, 5) is 0. The van der Waals surface area contributed by atoms with E-state index in [9.17, 15) is 4.57 Å². The highest BCUT2D eigenvalue weighted by Crippen LogP contribution is 2.36. The number of hydrogen-bond donors (Lipinski definition) is 2. The molecule has 0 amide bonds. The highest BCUT2D eigenvalue weighted by molar-refractivity contribution is 9.10. The summed E-state index contributed by atoms with van der Waals surface area (Å²) in [5, 5.41) is 9.75. The molecule has 0 fully saturated rings. The summed E-state index contributed by atoms with van der Waals surface area (Å²) in [6.45, 7) is 3.34. The van der Waals surface area contributed by atoms with E-state index < -0.39 is 13.2 Å². The van der Waals surface area contributed by atoms with Crippen LogP contribution >= 0.6 is 23.1 Å². The van der Waals surface area contributed by atoms with Gasteiger partial charge in [0.25, 0.3) is 0 Å². The van der Waals surface area contributed by atoms with Crippen molar-refractivity contribution >= 4 is 28.4 Å². The predicted octanol–water partition coefficient (Wildman–Crippen LogP) is 1.69.